The lowest BCUT2D eigenvalue weighted by Crippen LogP contribution is -2.36. The highest BCUT2D eigenvalue weighted by Crippen LogP contribution is 2.24. The van der Waals surface area contributed by atoms with Gasteiger partial charge >= 0.3 is 5.97 Å². The Labute approximate surface area is 109 Å². The molecule has 1 rings (SSSR count). The minimum Gasteiger partial charge on any atom is -0.480 e. The number of ether oxygens (including phenoxy) is 1. The van der Waals surface area contributed by atoms with E-state index in [4.69, 9.17) is 9.84 Å². The van der Waals surface area contributed by atoms with Crippen LogP contribution in [0.15, 0.2) is 0 Å². The zero-order chi connectivity index (χ0) is 12.7. The Hall–Kier alpha value is -0.240. The fourth-order valence-corrected chi connectivity index (χ4v) is 3.70. The Morgan fingerprint density at radius 1 is 1.76 bits per heavy atom. The third-order valence-electron chi connectivity index (χ3n) is 2.25. The molecule has 0 bridgehead atoms. The molecule has 0 aromatic carbocycles. The van der Waals surface area contributed by atoms with Gasteiger partial charge in [-0.1, -0.05) is 0 Å². The van der Waals surface area contributed by atoms with Gasteiger partial charge in [-0.3, -0.25) is 14.9 Å². The van der Waals surface area contributed by atoms with E-state index in [1.54, 1.807) is 11.8 Å². The summed E-state index contributed by atoms with van der Waals surface area (Å²) < 4.78 is 5.19. The van der Waals surface area contributed by atoms with Crippen molar-refractivity contribution < 1.29 is 19.4 Å². The molecule has 17 heavy (non-hydrogen) atoms. The maximum absolute atomic E-state index is 10.7. The molecule has 98 valence electrons. The smallest absolute Gasteiger partial charge is 0.321 e. The standard InChI is InChI=1S/C10H17NO4S2/c1-2-15-9(5-12)16-4-3-8-11-7(6-17-8)10(13)14/h5,7-9,11H,2-4,6H2,1H3,(H,13,14). The van der Waals surface area contributed by atoms with Gasteiger partial charge in [-0.05, 0) is 19.1 Å². The molecule has 1 saturated heterocycles. The Morgan fingerprint density at radius 3 is 3.06 bits per heavy atom. The molecule has 0 amide bonds. The molecular formula is C10H17NO4S2. The van der Waals surface area contributed by atoms with Crippen molar-refractivity contribution in [2.75, 3.05) is 18.1 Å². The first-order valence-corrected chi connectivity index (χ1v) is 7.56. The molecule has 1 aliphatic heterocycles. The van der Waals surface area contributed by atoms with E-state index >= 15 is 0 Å². The fourth-order valence-electron chi connectivity index (χ4n) is 1.42. The van der Waals surface area contributed by atoms with Gasteiger partial charge in [0.2, 0.25) is 0 Å². The molecule has 0 saturated carbocycles. The van der Waals surface area contributed by atoms with Crippen LogP contribution in [0.5, 0.6) is 0 Å². The monoisotopic (exact) mass is 279 g/mol. The van der Waals surface area contributed by atoms with Crippen LogP contribution in [0.2, 0.25) is 0 Å². The van der Waals surface area contributed by atoms with Crippen LogP contribution in [-0.4, -0.2) is 52.3 Å². The van der Waals surface area contributed by atoms with E-state index in [2.05, 4.69) is 5.32 Å². The summed E-state index contributed by atoms with van der Waals surface area (Å²) >= 11 is 3.07. The van der Waals surface area contributed by atoms with Crippen molar-refractivity contribution in [2.24, 2.45) is 0 Å². The minimum atomic E-state index is -0.798. The zero-order valence-corrected chi connectivity index (χ0v) is 11.3. The fraction of sp³-hybridized carbons (Fsp3) is 0.800. The van der Waals surface area contributed by atoms with Crippen molar-refractivity contribution in [1.82, 2.24) is 5.32 Å². The lowest BCUT2D eigenvalue weighted by molar-refractivity contribution is -0.138. The lowest BCUT2D eigenvalue weighted by Gasteiger charge is -2.13. The van der Waals surface area contributed by atoms with Crippen LogP contribution >= 0.6 is 23.5 Å². The highest BCUT2D eigenvalue weighted by molar-refractivity contribution is 8.01. The van der Waals surface area contributed by atoms with Crippen LogP contribution in [0.4, 0.5) is 0 Å². The molecule has 2 N–H and O–H groups in total. The molecule has 1 fully saturated rings. The number of nitrogens with one attached hydrogen (secondary N) is 1. The third-order valence-corrected chi connectivity index (χ3v) is 4.60. The molecule has 7 heteroatoms. The Kier molecular flexibility index (Phi) is 6.94. The first-order chi connectivity index (χ1) is 8.17. The summed E-state index contributed by atoms with van der Waals surface area (Å²) in [5.74, 6) is 0.584. The van der Waals surface area contributed by atoms with Crippen LogP contribution in [-0.2, 0) is 14.3 Å². The van der Waals surface area contributed by atoms with Crippen molar-refractivity contribution in [3.05, 3.63) is 0 Å². The van der Waals surface area contributed by atoms with Gasteiger partial charge in [0.25, 0.3) is 0 Å². The van der Waals surface area contributed by atoms with Gasteiger partial charge in [0.1, 0.15) is 6.04 Å². The molecule has 0 spiro atoms. The summed E-state index contributed by atoms with van der Waals surface area (Å²) in [5.41, 5.74) is -0.401. The van der Waals surface area contributed by atoms with Crippen molar-refractivity contribution in [2.45, 2.75) is 30.2 Å². The van der Waals surface area contributed by atoms with Crippen LogP contribution in [0.3, 0.4) is 0 Å². The first kappa shape index (κ1) is 14.8. The number of carboxylic acids is 1. The summed E-state index contributed by atoms with van der Waals surface area (Å²) in [7, 11) is 0. The summed E-state index contributed by atoms with van der Waals surface area (Å²) in [4.78, 5) is 21.3. The van der Waals surface area contributed by atoms with Gasteiger partial charge in [0, 0.05) is 12.4 Å². The Bertz CT molecular complexity index is 265. The molecular weight excluding hydrogens is 262 g/mol. The predicted molar refractivity (Wildman–Crippen MR) is 69.4 cm³/mol. The van der Waals surface area contributed by atoms with Gasteiger partial charge in [-0.25, -0.2) is 0 Å². The molecule has 1 heterocycles. The van der Waals surface area contributed by atoms with Crippen molar-refractivity contribution >= 4 is 35.8 Å². The average Bonchev–Trinajstić information content (AvgIpc) is 2.77. The Balaban J connectivity index is 2.15. The molecule has 3 unspecified atom stereocenters. The van der Waals surface area contributed by atoms with Gasteiger partial charge in [0.05, 0.1) is 5.37 Å². The third kappa shape index (κ3) is 5.29. The molecule has 0 aliphatic carbocycles. The van der Waals surface area contributed by atoms with Crippen molar-refractivity contribution in [1.29, 1.82) is 0 Å². The van der Waals surface area contributed by atoms with Crippen molar-refractivity contribution in [3.8, 4) is 0 Å². The lowest BCUT2D eigenvalue weighted by atomic mass is 10.3. The number of carbonyl (C=O) groups excluding carboxylic acids is 1. The van der Waals surface area contributed by atoms with Crippen LogP contribution in [0.1, 0.15) is 13.3 Å². The molecule has 0 radical (unpaired) electrons. The highest BCUT2D eigenvalue weighted by atomic mass is 32.2. The highest BCUT2D eigenvalue weighted by Gasteiger charge is 2.28. The maximum atomic E-state index is 10.7. The van der Waals surface area contributed by atoms with Crippen LogP contribution in [0.25, 0.3) is 0 Å². The number of thioether (sulfide) groups is 2. The van der Waals surface area contributed by atoms with E-state index in [0.29, 0.717) is 12.4 Å². The molecule has 0 aromatic rings. The predicted octanol–water partition coefficient (Wildman–Crippen LogP) is 0.787. The van der Waals surface area contributed by atoms with E-state index in [1.807, 2.05) is 6.92 Å². The van der Waals surface area contributed by atoms with Gasteiger partial charge in [0.15, 0.2) is 11.7 Å². The number of aldehydes is 1. The number of carboxylic acid groups (broad SMARTS) is 1. The normalized spacial score (nSPS) is 25.7. The van der Waals surface area contributed by atoms with E-state index in [1.165, 1.54) is 11.8 Å². The summed E-state index contributed by atoms with van der Waals surface area (Å²) in [6.07, 6.45) is 1.62. The number of hydrogen-bond donors (Lipinski definition) is 2. The number of carbonyl (C=O) groups is 2. The van der Waals surface area contributed by atoms with E-state index < -0.39 is 17.4 Å². The summed E-state index contributed by atoms with van der Waals surface area (Å²) in [6, 6.07) is -0.441. The van der Waals surface area contributed by atoms with Gasteiger partial charge in [-0.15, -0.1) is 23.5 Å². The second-order valence-corrected chi connectivity index (χ2v) is 5.94. The Morgan fingerprint density at radius 2 is 2.53 bits per heavy atom. The largest absolute Gasteiger partial charge is 0.480 e. The average molecular weight is 279 g/mol. The van der Waals surface area contributed by atoms with Crippen LogP contribution < -0.4 is 5.32 Å². The summed E-state index contributed by atoms with van der Waals surface area (Å²) in [6.45, 7) is 2.37. The van der Waals surface area contributed by atoms with E-state index in [0.717, 1.165) is 18.5 Å². The zero-order valence-electron chi connectivity index (χ0n) is 9.63. The van der Waals surface area contributed by atoms with Crippen LogP contribution in [0, 0.1) is 0 Å². The van der Waals surface area contributed by atoms with E-state index in [-0.39, 0.29) is 5.37 Å². The second kappa shape index (κ2) is 7.97. The number of hydrogen-bond acceptors (Lipinski definition) is 6. The van der Waals surface area contributed by atoms with Gasteiger partial charge in [-0.2, -0.15) is 0 Å². The van der Waals surface area contributed by atoms with Gasteiger partial charge < -0.3 is 9.84 Å². The number of aliphatic carboxylic acids is 1. The topological polar surface area (TPSA) is 75.6 Å². The molecule has 1 aliphatic rings. The maximum Gasteiger partial charge on any atom is 0.321 e. The molecule has 3 atom stereocenters. The first-order valence-electron chi connectivity index (χ1n) is 5.46. The summed E-state index contributed by atoms with van der Waals surface area (Å²) in [5, 5.41) is 12.0. The number of rotatable bonds is 8. The van der Waals surface area contributed by atoms with Crippen molar-refractivity contribution in [3.63, 3.8) is 0 Å². The second-order valence-electron chi connectivity index (χ2n) is 3.50. The molecule has 0 aromatic heterocycles. The minimum absolute atomic E-state index is 0.164. The molecule has 5 nitrogen and oxygen atoms in total. The van der Waals surface area contributed by atoms with E-state index in [9.17, 15) is 9.59 Å². The SMILES string of the molecule is CCOC(C=O)SCCC1NC(C(=O)O)CS1. The quantitative estimate of drug-likeness (QED) is 0.502.